The molecule has 0 aliphatic heterocycles. The van der Waals surface area contributed by atoms with Crippen LogP contribution in [0.5, 0.6) is 0 Å². The van der Waals surface area contributed by atoms with Crippen molar-refractivity contribution in [1.82, 2.24) is 0 Å². The first-order chi connectivity index (χ1) is 13.2. The van der Waals surface area contributed by atoms with Crippen molar-refractivity contribution in [2.45, 2.75) is 13.0 Å². The molecular weight excluding hydrogens is 375 g/mol. The molecule has 2 aromatic rings. The molecule has 1 unspecified atom stereocenters. The standard InChI is InChI=1S/C18H15FN2O7/c1-10(16(22)20-14-5-3-13(19)4-6-14)28-18(24)12-7-11(17(23)27-2)8-15(9-12)21(25)26/h3-10H,1-2H3,(H,20,22). The van der Waals surface area contributed by atoms with Crippen molar-refractivity contribution in [3.63, 3.8) is 0 Å². The number of non-ortho nitro benzene ring substituents is 1. The summed E-state index contributed by atoms with van der Waals surface area (Å²) >= 11 is 0. The van der Waals surface area contributed by atoms with E-state index in [4.69, 9.17) is 4.74 Å². The minimum Gasteiger partial charge on any atom is -0.465 e. The summed E-state index contributed by atoms with van der Waals surface area (Å²) in [5.41, 5.74) is -0.737. The first kappa shape index (κ1) is 20.5. The number of methoxy groups -OCH3 is 1. The van der Waals surface area contributed by atoms with Crippen LogP contribution < -0.4 is 5.32 Å². The third-order valence-corrected chi connectivity index (χ3v) is 3.55. The van der Waals surface area contributed by atoms with Crippen LogP contribution in [-0.2, 0) is 14.3 Å². The van der Waals surface area contributed by atoms with E-state index in [2.05, 4.69) is 10.1 Å². The average Bonchev–Trinajstić information content (AvgIpc) is 2.68. The van der Waals surface area contributed by atoms with Crippen molar-refractivity contribution < 1.29 is 33.2 Å². The van der Waals surface area contributed by atoms with Crippen LogP contribution >= 0.6 is 0 Å². The maximum absolute atomic E-state index is 12.9. The predicted molar refractivity (Wildman–Crippen MR) is 94.3 cm³/mol. The number of amides is 1. The Balaban J connectivity index is 2.15. The average molecular weight is 390 g/mol. The molecule has 0 aromatic heterocycles. The maximum atomic E-state index is 12.9. The summed E-state index contributed by atoms with van der Waals surface area (Å²) in [5.74, 6) is -3.10. The molecule has 0 fully saturated rings. The van der Waals surface area contributed by atoms with Gasteiger partial charge in [0.2, 0.25) is 0 Å². The van der Waals surface area contributed by atoms with Gasteiger partial charge >= 0.3 is 11.9 Å². The fraction of sp³-hybridized carbons (Fsp3) is 0.167. The van der Waals surface area contributed by atoms with Crippen molar-refractivity contribution in [3.05, 3.63) is 69.5 Å². The van der Waals surface area contributed by atoms with Crippen LogP contribution in [0.15, 0.2) is 42.5 Å². The number of benzene rings is 2. The molecule has 1 amide bonds. The van der Waals surface area contributed by atoms with E-state index in [1.54, 1.807) is 0 Å². The van der Waals surface area contributed by atoms with Crippen LogP contribution in [0.2, 0.25) is 0 Å². The van der Waals surface area contributed by atoms with Gasteiger partial charge in [-0.1, -0.05) is 0 Å². The van der Waals surface area contributed by atoms with Gasteiger partial charge in [-0.3, -0.25) is 14.9 Å². The van der Waals surface area contributed by atoms with Crippen LogP contribution in [-0.4, -0.2) is 36.0 Å². The number of nitrogens with one attached hydrogen (secondary N) is 1. The number of rotatable bonds is 6. The Bertz CT molecular complexity index is 928. The van der Waals surface area contributed by atoms with Crippen molar-refractivity contribution in [3.8, 4) is 0 Å². The molecule has 28 heavy (non-hydrogen) atoms. The fourth-order valence-corrected chi connectivity index (χ4v) is 2.13. The lowest BCUT2D eigenvalue weighted by Gasteiger charge is -2.14. The quantitative estimate of drug-likeness (QED) is 0.457. The molecule has 9 nitrogen and oxygen atoms in total. The number of anilines is 1. The van der Waals surface area contributed by atoms with Gasteiger partial charge in [-0.25, -0.2) is 14.0 Å². The highest BCUT2D eigenvalue weighted by molar-refractivity contribution is 5.99. The van der Waals surface area contributed by atoms with Crippen LogP contribution in [0.25, 0.3) is 0 Å². The smallest absolute Gasteiger partial charge is 0.339 e. The summed E-state index contributed by atoms with van der Waals surface area (Å²) in [6.45, 7) is 1.29. The summed E-state index contributed by atoms with van der Waals surface area (Å²) in [7, 11) is 1.08. The number of hydrogen-bond donors (Lipinski definition) is 1. The summed E-state index contributed by atoms with van der Waals surface area (Å²) in [6.07, 6.45) is -1.27. The second kappa shape index (κ2) is 8.71. The number of carbonyl (C=O) groups excluding carboxylic acids is 3. The molecule has 0 bridgehead atoms. The molecule has 1 atom stereocenters. The Hall–Kier alpha value is -3.82. The van der Waals surface area contributed by atoms with Crippen molar-refractivity contribution >= 4 is 29.2 Å². The lowest BCUT2D eigenvalue weighted by Crippen LogP contribution is -2.30. The number of halogens is 1. The number of nitro benzene ring substituents is 1. The van der Waals surface area contributed by atoms with E-state index in [9.17, 15) is 28.9 Å². The predicted octanol–water partition coefficient (Wildman–Crippen LogP) is 2.70. The highest BCUT2D eigenvalue weighted by atomic mass is 19.1. The molecule has 1 N–H and O–H groups in total. The number of carbonyl (C=O) groups is 3. The van der Waals surface area contributed by atoms with Gasteiger partial charge in [0, 0.05) is 17.8 Å². The Morgan fingerprint density at radius 3 is 2.18 bits per heavy atom. The van der Waals surface area contributed by atoms with Gasteiger partial charge in [-0.15, -0.1) is 0 Å². The van der Waals surface area contributed by atoms with E-state index in [1.807, 2.05) is 0 Å². The van der Waals surface area contributed by atoms with E-state index < -0.39 is 40.4 Å². The molecule has 0 saturated heterocycles. The summed E-state index contributed by atoms with van der Waals surface area (Å²) < 4.78 is 22.4. The molecule has 2 rings (SSSR count). The second-order valence-electron chi connectivity index (χ2n) is 5.56. The molecule has 0 aliphatic carbocycles. The van der Waals surface area contributed by atoms with E-state index in [-0.39, 0.29) is 16.8 Å². The lowest BCUT2D eigenvalue weighted by atomic mass is 10.1. The zero-order valence-electron chi connectivity index (χ0n) is 14.8. The highest BCUT2D eigenvalue weighted by Gasteiger charge is 2.23. The minimum atomic E-state index is -1.27. The van der Waals surface area contributed by atoms with E-state index in [0.29, 0.717) is 0 Å². The van der Waals surface area contributed by atoms with Gasteiger partial charge in [0.15, 0.2) is 6.10 Å². The van der Waals surface area contributed by atoms with Gasteiger partial charge in [0.05, 0.1) is 23.2 Å². The highest BCUT2D eigenvalue weighted by Crippen LogP contribution is 2.19. The third-order valence-electron chi connectivity index (χ3n) is 3.55. The zero-order chi connectivity index (χ0) is 20.8. The monoisotopic (exact) mass is 390 g/mol. The third kappa shape index (κ3) is 5.10. The normalized spacial score (nSPS) is 11.2. The molecule has 2 aromatic carbocycles. The van der Waals surface area contributed by atoms with E-state index >= 15 is 0 Å². The number of hydrogen-bond acceptors (Lipinski definition) is 7. The Labute approximate surface area is 158 Å². The topological polar surface area (TPSA) is 125 Å². The molecule has 10 heteroatoms. The largest absolute Gasteiger partial charge is 0.465 e. The Morgan fingerprint density at radius 1 is 1.07 bits per heavy atom. The SMILES string of the molecule is COC(=O)c1cc(C(=O)OC(C)C(=O)Nc2ccc(F)cc2)cc([N+](=O)[O-])c1. The van der Waals surface area contributed by atoms with Gasteiger partial charge in [0.1, 0.15) is 5.82 Å². The van der Waals surface area contributed by atoms with Crippen molar-refractivity contribution in [2.24, 2.45) is 0 Å². The van der Waals surface area contributed by atoms with E-state index in [0.717, 1.165) is 37.4 Å². The van der Waals surface area contributed by atoms with Gasteiger partial charge in [0.25, 0.3) is 11.6 Å². The maximum Gasteiger partial charge on any atom is 0.339 e. The molecule has 0 saturated carbocycles. The molecule has 146 valence electrons. The molecular formula is C18H15FN2O7. The molecule has 0 heterocycles. The summed E-state index contributed by atoms with van der Waals surface area (Å²) in [4.78, 5) is 46.2. The second-order valence-corrected chi connectivity index (χ2v) is 5.56. The van der Waals surface area contributed by atoms with Crippen LogP contribution in [0.1, 0.15) is 27.6 Å². The lowest BCUT2D eigenvalue weighted by molar-refractivity contribution is -0.384. The first-order valence-electron chi connectivity index (χ1n) is 7.86. The van der Waals surface area contributed by atoms with E-state index in [1.165, 1.54) is 19.1 Å². The summed E-state index contributed by atoms with van der Waals surface area (Å²) in [5, 5.41) is 13.4. The molecule has 0 radical (unpaired) electrons. The Morgan fingerprint density at radius 2 is 1.64 bits per heavy atom. The van der Waals surface area contributed by atoms with Crippen molar-refractivity contribution in [2.75, 3.05) is 12.4 Å². The van der Waals surface area contributed by atoms with Crippen LogP contribution in [0.4, 0.5) is 15.8 Å². The number of nitro groups is 1. The first-order valence-corrected chi connectivity index (χ1v) is 7.86. The minimum absolute atomic E-state index is 0.216. The van der Waals surface area contributed by atoms with Crippen LogP contribution in [0.3, 0.4) is 0 Å². The van der Waals surface area contributed by atoms with Gasteiger partial charge in [-0.2, -0.15) is 0 Å². The molecule has 0 aliphatic rings. The number of ether oxygens (including phenoxy) is 2. The molecule has 0 spiro atoms. The van der Waals surface area contributed by atoms with Crippen molar-refractivity contribution in [1.29, 1.82) is 0 Å². The van der Waals surface area contributed by atoms with Crippen LogP contribution in [0, 0.1) is 15.9 Å². The summed E-state index contributed by atoms with van der Waals surface area (Å²) in [6, 6.07) is 7.86. The van der Waals surface area contributed by atoms with Gasteiger partial charge in [-0.05, 0) is 37.3 Å². The fourth-order valence-electron chi connectivity index (χ4n) is 2.13. The zero-order valence-corrected chi connectivity index (χ0v) is 14.8. The van der Waals surface area contributed by atoms with Gasteiger partial charge < -0.3 is 14.8 Å². The number of nitrogens with zero attached hydrogens (tertiary/aromatic N) is 1. The Kier molecular flexibility index (Phi) is 6.38. The number of esters is 2.